The Kier molecular flexibility index (Phi) is 6.61. The molecule has 0 fully saturated rings. The molecule has 6 nitrogen and oxygen atoms in total. The summed E-state index contributed by atoms with van der Waals surface area (Å²) in [5.74, 6) is -0.857. The van der Waals surface area contributed by atoms with Crippen LogP contribution in [0.25, 0.3) is 0 Å². The Bertz CT molecular complexity index is 938. The van der Waals surface area contributed by atoms with Gasteiger partial charge in [0.05, 0.1) is 17.0 Å². The Morgan fingerprint density at radius 1 is 1.26 bits per heavy atom. The van der Waals surface area contributed by atoms with Gasteiger partial charge in [-0.2, -0.15) is 8.78 Å². The molecule has 146 valence electrons. The highest BCUT2D eigenvalue weighted by molar-refractivity contribution is 7.92. The SMILES string of the molecule is Cc1ccccc1N(CC(=O)Nc1ccc(OC(F)F)c(Cl)c1)S(C)(=O)=O. The third-order valence-corrected chi connectivity index (χ3v) is 4.93. The zero-order chi connectivity index (χ0) is 20.2. The van der Waals surface area contributed by atoms with E-state index in [0.717, 1.165) is 10.6 Å². The zero-order valence-electron chi connectivity index (χ0n) is 14.4. The second kappa shape index (κ2) is 8.53. The topological polar surface area (TPSA) is 75.7 Å². The molecule has 1 amide bonds. The monoisotopic (exact) mass is 418 g/mol. The van der Waals surface area contributed by atoms with E-state index in [0.29, 0.717) is 11.3 Å². The standard InChI is InChI=1S/C17H17ClF2N2O4S/c1-11-5-3-4-6-14(11)22(27(2,24)25)10-16(23)21-12-7-8-15(13(18)9-12)26-17(19)20/h3-9,17H,10H2,1-2H3,(H,21,23). The van der Waals surface area contributed by atoms with Gasteiger partial charge in [-0.25, -0.2) is 8.42 Å². The number of nitrogens with zero attached hydrogens (tertiary/aromatic N) is 1. The molecule has 2 aromatic carbocycles. The number of benzene rings is 2. The molecule has 0 aliphatic carbocycles. The van der Waals surface area contributed by atoms with E-state index in [1.165, 1.54) is 18.2 Å². The van der Waals surface area contributed by atoms with Gasteiger partial charge in [-0.15, -0.1) is 0 Å². The van der Waals surface area contributed by atoms with Crippen LogP contribution in [0.3, 0.4) is 0 Å². The smallest absolute Gasteiger partial charge is 0.387 e. The number of carbonyl (C=O) groups is 1. The Morgan fingerprint density at radius 3 is 2.48 bits per heavy atom. The van der Waals surface area contributed by atoms with Crippen LogP contribution in [0.4, 0.5) is 20.2 Å². The molecule has 2 rings (SSSR count). The van der Waals surface area contributed by atoms with Gasteiger partial charge in [0.25, 0.3) is 0 Å². The fourth-order valence-electron chi connectivity index (χ4n) is 2.33. The lowest BCUT2D eigenvalue weighted by molar-refractivity contribution is -0.114. The van der Waals surface area contributed by atoms with Gasteiger partial charge in [0.2, 0.25) is 15.9 Å². The van der Waals surface area contributed by atoms with Gasteiger partial charge < -0.3 is 10.1 Å². The number of ether oxygens (including phenoxy) is 1. The highest BCUT2D eigenvalue weighted by Crippen LogP contribution is 2.29. The predicted molar refractivity (Wildman–Crippen MR) is 100 cm³/mol. The van der Waals surface area contributed by atoms with Crippen LogP contribution in [-0.2, 0) is 14.8 Å². The minimum Gasteiger partial charge on any atom is -0.433 e. The van der Waals surface area contributed by atoms with Crippen molar-refractivity contribution < 1.29 is 26.7 Å². The molecule has 0 unspecified atom stereocenters. The summed E-state index contributed by atoms with van der Waals surface area (Å²) in [6, 6.07) is 10.5. The van der Waals surface area contributed by atoms with Crippen molar-refractivity contribution in [1.29, 1.82) is 0 Å². The predicted octanol–water partition coefficient (Wildman–Crippen LogP) is 3.65. The van der Waals surface area contributed by atoms with E-state index in [2.05, 4.69) is 10.1 Å². The number of aryl methyl sites for hydroxylation is 1. The van der Waals surface area contributed by atoms with Crippen molar-refractivity contribution >= 4 is 38.9 Å². The minimum atomic E-state index is -3.71. The van der Waals surface area contributed by atoms with Crippen molar-refractivity contribution in [1.82, 2.24) is 0 Å². The molecule has 0 aliphatic rings. The summed E-state index contributed by atoms with van der Waals surface area (Å²) in [5.41, 5.74) is 1.28. The van der Waals surface area contributed by atoms with E-state index in [1.54, 1.807) is 31.2 Å². The summed E-state index contributed by atoms with van der Waals surface area (Å²) >= 11 is 5.84. The van der Waals surface area contributed by atoms with Crippen molar-refractivity contribution in [3.05, 3.63) is 53.1 Å². The molecular formula is C17H17ClF2N2O4S. The van der Waals surface area contributed by atoms with Crippen LogP contribution in [0.15, 0.2) is 42.5 Å². The number of para-hydroxylation sites is 1. The fraction of sp³-hybridized carbons (Fsp3) is 0.235. The Labute approximate surface area is 160 Å². The normalized spacial score (nSPS) is 11.3. The van der Waals surface area contributed by atoms with Gasteiger partial charge in [-0.1, -0.05) is 29.8 Å². The number of sulfonamides is 1. The van der Waals surface area contributed by atoms with E-state index in [1.807, 2.05) is 0 Å². The van der Waals surface area contributed by atoms with E-state index in [-0.39, 0.29) is 16.5 Å². The van der Waals surface area contributed by atoms with Gasteiger partial charge in [0, 0.05) is 5.69 Å². The highest BCUT2D eigenvalue weighted by Gasteiger charge is 2.22. The molecule has 0 saturated carbocycles. The number of hydrogen-bond acceptors (Lipinski definition) is 4. The molecule has 1 N–H and O–H groups in total. The molecule has 10 heteroatoms. The van der Waals surface area contributed by atoms with E-state index >= 15 is 0 Å². The van der Waals surface area contributed by atoms with Crippen LogP contribution in [0.5, 0.6) is 5.75 Å². The first-order valence-electron chi connectivity index (χ1n) is 7.65. The van der Waals surface area contributed by atoms with Gasteiger partial charge in [0.1, 0.15) is 12.3 Å². The summed E-state index contributed by atoms with van der Waals surface area (Å²) < 4.78 is 53.9. The number of rotatable bonds is 7. The summed E-state index contributed by atoms with van der Waals surface area (Å²) in [4.78, 5) is 12.3. The summed E-state index contributed by atoms with van der Waals surface area (Å²) in [6.45, 7) is -1.76. The zero-order valence-corrected chi connectivity index (χ0v) is 16.0. The molecule has 0 aliphatic heterocycles. The summed E-state index contributed by atoms with van der Waals surface area (Å²) in [5, 5.41) is 2.36. The molecule has 0 spiro atoms. The quantitative estimate of drug-likeness (QED) is 0.744. The van der Waals surface area contributed by atoms with Gasteiger partial charge in [0.15, 0.2) is 0 Å². The number of carbonyl (C=O) groups excluding carboxylic acids is 1. The summed E-state index contributed by atoms with van der Waals surface area (Å²) in [6.07, 6.45) is 1.00. The number of alkyl halides is 2. The molecule has 0 aromatic heterocycles. The van der Waals surface area contributed by atoms with Gasteiger partial charge in [-0.05, 0) is 36.8 Å². The molecule has 27 heavy (non-hydrogen) atoms. The fourth-order valence-corrected chi connectivity index (χ4v) is 3.46. The Morgan fingerprint density at radius 2 is 1.93 bits per heavy atom. The van der Waals surface area contributed by atoms with E-state index < -0.39 is 29.1 Å². The van der Waals surface area contributed by atoms with Crippen molar-refractivity contribution in [3.63, 3.8) is 0 Å². The second-order valence-corrected chi connectivity index (χ2v) is 7.94. The molecule has 0 atom stereocenters. The van der Waals surface area contributed by atoms with Gasteiger partial charge >= 0.3 is 6.61 Å². The number of anilines is 2. The minimum absolute atomic E-state index is 0.119. The largest absolute Gasteiger partial charge is 0.433 e. The lowest BCUT2D eigenvalue weighted by atomic mass is 10.2. The lowest BCUT2D eigenvalue weighted by Crippen LogP contribution is -2.37. The average molecular weight is 419 g/mol. The number of nitrogens with one attached hydrogen (secondary N) is 1. The number of amides is 1. The maximum Gasteiger partial charge on any atom is 0.387 e. The van der Waals surface area contributed by atoms with Crippen LogP contribution in [-0.4, -0.2) is 33.7 Å². The third-order valence-electron chi connectivity index (χ3n) is 3.50. The van der Waals surface area contributed by atoms with Crippen molar-refractivity contribution in [2.75, 3.05) is 22.4 Å². The van der Waals surface area contributed by atoms with Crippen LogP contribution in [0, 0.1) is 6.92 Å². The molecule has 2 aromatic rings. The van der Waals surface area contributed by atoms with Crippen molar-refractivity contribution in [2.24, 2.45) is 0 Å². The first-order chi connectivity index (χ1) is 12.6. The molecule has 0 radical (unpaired) electrons. The second-order valence-electron chi connectivity index (χ2n) is 5.63. The number of hydrogen-bond donors (Lipinski definition) is 1. The van der Waals surface area contributed by atoms with Crippen LogP contribution >= 0.6 is 11.6 Å². The molecule has 0 saturated heterocycles. The lowest BCUT2D eigenvalue weighted by Gasteiger charge is -2.23. The van der Waals surface area contributed by atoms with Crippen LogP contribution in [0.2, 0.25) is 5.02 Å². The third kappa shape index (κ3) is 5.80. The maximum atomic E-state index is 12.3. The van der Waals surface area contributed by atoms with E-state index in [4.69, 9.17) is 11.6 Å². The number of halogens is 3. The van der Waals surface area contributed by atoms with Crippen LogP contribution < -0.4 is 14.4 Å². The first kappa shape index (κ1) is 20.9. The average Bonchev–Trinajstić information content (AvgIpc) is 2.55. The first-order valence-corrected chi connectivity index (χ1v) is 9.88. The Balaban J connectivity index is 2.17. The summed E-state index contributed by atoms with van der Waals surface area (Å²) in [7, 11) is -3.71. The highest BCUT2D eigenvalue weighted by atomic mass is 35.5. The van der Waals surface area contributed by atoms with Crippen molar-refractivity contribution in [2.45, 2.75) is 13.5 Å². The molecule has 0 bridgehead atoms. The Hall–Kier alpha value is -2.39. The maximum absolute atomic E-state index is 12.3. The van der Waals surface area contributed by atoms with Crippen molar-refractivity contribution in [3.8, 4) is 5.75 Å². The molecule has 0 heterocycles. The van der Waals surface area contributed by atoms with Crippen LogP contribution in [0.1, 0.15) is 5.56 Å². The van der Waals surface area contributed by atoms with E-state index in [9.17, 15) is 22.0 Å². The molecular weight excluding hydrogens is 402 g/mol. The van der Waals surface area contributed by atoms with Gasteiger partial charge in [-0.3, -0.25) is 9.10 Å².